The van der Waals surface area contributed by atoms with Gasteiger partial charge in [0, 0.05) is 31.6 Å². The first-order valence-corrected chi connectivity index (χ1v) is 14.5. The maximum Gasteiger partial charge on any atom is 0.306 e. The summed E-state index contributed by atoms with van der Waals surface area (Å²) in [5, 5.41) is 11.9. The Morgan fingerprint density at radius 1 is 1.02 bits per heavy atom. The van der Waals surface area contributed by atoms with Crippen molar-refractivity contribution in [2.45, 2.75) is 63.7 Å². The summed E-state index contributed by atoms with van der Waals surface area (Å²) >= 11 is 0. The van der Waals surface area contributed by atoms with Crippen molar-refractivity contribution >= 4 is 17.8 Å². The van der Waals surface area contributed by atoms with Crippen molar-refractivity contribution in [2.24, 2.45) is 4.99 Å². The Hall–Kier alpha value is -4.24. The molecule has 1 aliphatic rings. The fourth-order valence-corrected chi connectivity index (χ4v) is 4.85. The van der Waals surface area contributed by atoms with Crippen LogP contribution in [-0.4, -0.2) is 53.8 Å². The molecule has 0 saturated carbocycles. The van der Waals surface area contributed by atoms with E-state index in [9.17, 15) is 14.0 Å². The van der Waals surface area contributed by atoms with Crippen molar-refractivity contribution in [1.82, 2.24) is 5.32 Å². The zero-order valence-electron chi connectivity index (χ0n) is 24.8. The Balaban J connectivity index is 1.66. The number of esters is 1. The van der Waals surface area contributed by atoms with E-state index < -0.39 is 29.1 Å². The number of carbonyl (C=O) groups excluding carboxylic acids is 2. The Labute approximate surface area is 251 Å². The third kappa shape index (κ3) is 8.41. The summed E-state index contributed by atoms with van der Waals surface area (Å²) < 4.78 is 31.9. The van der Waals surface area contributed by atoms with Gasteiger partial charge in [0.1, 0.15) is 17.2 Å². The highest BCUT2D eigenvalue weighted by atomic mass is 19.1. The highest BCUT2D eigenvalue weighted by Gasteiger charge is 2.53. The predicted molar refractivity (Wildman–Crippen MR) is 161 cm³/mol. The molecule has 0 saturated heterocycles. The first kappa shape index (κ1) is 31.7. The SMILES string of the molecule is CC(C)(C)OC(=O)CC[C@@]1(C(=O)NCCc2ccccc2F)N=C(c2ccc(OCCCO)cc2)O[C@@H]1c1ccccc1. The molecule has 2 N–H and O–H groups in total. The molecule has 0 radical (unpaired) electrons. The van der Waals surface area contributed by atoms with E-state index in [1.807, 2.05) is 30.3 Å². The van der Waals surface area contributed by atoms with Gasteiger partial charge in [0.2, 0.25) is 5.90 Å². The molecule has 1 heterocycles. The number of ether oxygens (including phenoxy) is 3. The van der Waals surface area contributed by atoms with Gasteiger partial charge in [0.05, 0.1) is 6.61 Å². The molecule has 0 aliphatic carbocycles. The molecule has 0 fully saturated rings. The van der Waals surface area contributed by atoms with Crippen LogP contribution in [0.1, 0.15) is 62.8 Å². The van der Waals surface area contributed by atoms with Crippen molar-refractivity contribution in [2.75, 3.05) is 19.8 Å². The number of rotatable bonds is 13. The van der Waals surface area contributed by atoms with Crippen LogP contribution in [0, 0.1) is 5.82 Å². The van der Waals surface area contributed by atoms with Crippen LogP contribution in [-0.2, 0) is 25.5 Å². The van der Waals surface area contributed by atoms with E-state index in [-0.39, 0.29) is 44.1 Å². The summed E-state index contributed by atoms with van der Waals surface area (Å²) in [6.07, 6.45) is -0.0771. The average Bonchev–Trinajstić information content (AvgIpc) is 3.38. The first-order valence-electron chi connectivity index (χ1n) is 14.5. The third-order valence-electron chi connectivity index (χ3n) is 6.90. The van der Waals surface area contributed by atoms with Gasteiger partial charge in [0.25, 0.3) is 5.91 Å². The number of hydrogen-bond acceptors (Lipinski definition) is 7. The van der Waals surface area contributed by atoms with Gasteiger partial charge < -0.3 is 24.6 Å². The predicted octanol–water partition coefficient (Wildman–Crippen LogP) is 5.32. The molecule has 4 rings (SSSR count). The summed E-state index contributed by atoms with van der Waals surface area (Å²) in [6, 6.07) is 22.8. The van der Waals surface area contributed by atoms with Gasteiger partial charge in [-0.05, 0) is 75.1 Å². The summed E-state index contributed by atoms with van der Waals surface area (Å²) in [7, 11) is 0. The zero-order valence-corrected chi connectivity index (χ0v) is 24.8. The second-order valence-corrected chi connectivity index (χ2v) is 11.4. The molecule has 1 aliphatic heterocycles. The number of carbonyl (C=O) groups is 2. The van der Waals surface area contributed by atoms with Crippen LogP contribution in [0.4, 0.5) is 4.39 Å². The zero-order chi connectivity index (χ0) is 30.9. The van der Waals surface area contributed by atoms with Crippen LogP contribution in [0.15, 0.2) is 83.9 Å². The lowest BCUT2D eigenvalue weighted by atomic mass is 9.83. The minimum absolute atomic E-state index is 0.0266. The molecular weight excluding hydrogens is 551 g/mol. The Bertz CT molecular complexity index is 1400. The number of nitrogens with zero attached hydrogens (tertiary/aromatic N) is 1. The van der Waals surface area contributed by atoms with Crippen molar-refractivity contribution in [3.05, 3.63) is 101 Å². The molecule has 0 unspecified atom stereocenters. The van der Waals surface area contributed by atoms with Gasteiger partial charge in [-0.2, -0.15) is 0 Å². The van der Waals surface area contributed by atoms with Gasteiger partial charge in [0.15, 0.2) is 11.6 Å². The molecular formula is C34H39FN2O6. The van der Waals surface area contributed by atoms with Crippen LogP contribution in [0.2, 0.25) is 0 Å². The maximum absolute atomic E-state index is 14.2. The molecule has 1 amide bonds. The summed E-state index contributed by atoms with van der Waals surface area (Å²) in [6.45, 7) is 5.95. The van der Waals surface area contributed by atoms with E-state index in [2.05, 4.69) is 5.32 Å². The molecule has 8 nitrogen and oxygen atoms in total. The summed E-state index contributed by atoms with van der Waals surface area (Å²) in [4.78, 5) is 31.9. The van der Waals surface area contributed by atoms with Crippen molar-refractivity contribution < 1.29 is 33.3 Å². The number of hydrogen-bond donors (Lipinski definition) is 2. The van der Waals surface area contributed by atoms with E-state index in [1.54, 1.807) is 63.2 Å². The van der Waals surface area contributed by atoms with Crippen LogP contribution < -0.4 is 10.1 Å². The van der Waals surface area contributed by atoms with Gasteiger partial charge >= 0.3 is 5.97 Å². The van der Waals surface area contributed by atoms with Crippen LogP contribution in [0.5, 0.6) is 5.75 Å². The van der Waals surface area contributed by atoms with Gasteiger partial charge in [-0.25, -0.2) is 9.38 Å². The fraction of sp³-hybridized carbons (Fsp3) is 0.382. The summed E-state index contributed by atoms with van der Waals surface area (Å²) in [5.74, 6) is -0.348. The second-order valence-electron chi connectivity index (χ2n) is 11.4. The largest absolute Gasteiger partial charge is 0.494 e. The minimum atomic E-state index is -1.50. The van der Waals surface area contributed by atoms with E-state index in [4.69, 9.17) is 24.3 Å². The lowest BCUT2D eigenvalue weighted by Gasteiger charge is -2.31. The van der Waals surface area contributed by atoms with E-state index >= 15 is 0 Å². The molecule has 9 heteroatoms. The first-order chi connectivity index (χ1) is 20.6. The highest BCUT2D eigenvalue weighted by molar-refractivity contribution is 6.01. The normalized spacial score (nSPS) is 18.0. The summed E-state index contributed by atoms with van der Waals surface area (Å²) in [5.41, 5.74) is -0.350. The van der Waals surface area contributed by atoms with Gasteiger partial charge in [-0.1, -0.05) is 48.5 Å². The molecule has 3 aromatic carbocycles. The van der Waals surface area contributed by atoms with E-state index in [1.165, 1.54) is 6.07 Å². The number of aliphatic imine (C=N–C) groups is 1. The number of aliphatic hydroxyl groups excluding tert-OH is 1. The third-order valence-corrected chi connectivity index (χ3v) is 6.90. The Kier molecular flexibility index (Phi) is 10.5. The van der Waals surface area contributed by atoms with Gasteiger partial charge in [-0.15, -0.1) is 0 Å². The molecule has 0 spiro atoms. The van der Waals surface area contributed by atoms with Crippen molar-refractivity contribution in [3.8, 4) is 5.75 Å². The van der Waals surface area contributed by atoms with E-state index in [0.717, 1.165) is 5.56 Å². The average molecular weight is 591 g/mol. The van der Waals surface area contributed by atoms with Crippen molar-refractivity contribution in [3.63, 3.8) is 0 Å². The number of amides is 1. The second kappa shape index (κ2) is 14.3. The lowest BCUT2D eigenvalue weighted by Crippen LogP contribution is -2.49. The Morgan fingerprint density at radius 2 is 1.72 bits per heavy atom. The van der Waals surface area contributed by atoms with Crippen LogP contribution >= 0.6 is 0 Å². The molecule has 2 atom stereocenters. The quantitative estimate of drug-likeness (QED) is 0.206. The highest BCUT2D eigenvalue weighted by Crippen LogP contribution is 2.43. The molecule has 0 bridgehead atoms. The lowest BCUT2D eigenvalue weighted by molar-refractivity contribution is -0.155. The number of halogens is 1. The van der Waals surface area contributed by atoms with Crippen molar-refractivity contribution in [1.29, 1.82) is 0 Å². The minimum Gasteiger partial charge on any atom is -0.494 e. The van der Waals surface area contributed by atoms with Crippen LogP contribution in [0.25, 0.3) is 0 Å². The van der Waals surface area contributed by atoms with E-state index in [0.29, 0.717) is 29.9 Å². The monoisotopic (exact) mass is 590 g/mol. The molecule has 43 heavy (non-hydrogen) atoms. The van der Waals surface area contributed by atoms with Crippen LogP contribution in [0.3, 0.4) is 0 Å². The maximum atomic E-state index is 14.2. The fourth-order valence-electron chi connectivity index (χ4n) is 4.85. The smallest absolute Gasteiger partial charge is 0.306 e. The molecule has 228 valence electrons. The number of nitrogens with one attached hydrogen (secondary N) is 1. The number of aliphatic hydroxyl groups is 1. The van der Waals surface area contributed by atoms with Gasteiger partial charge in [-0.3, -0.25) is 9.59 Å². The number of benzene rings is 3. The molecule has 0 aromatic heterocycles. The topological polar surface area (TPSA) is 106 Å². The Morgan fingerprint density at radius 3 is 2.40 bits per heavy atom. The molecule has 3 aromatic rings. The standard InChI is InChI=1S/C34H39FN2O6/c1-33(2,3)43-29(39)18-20-34(32(40)36-21-19-24-10-7-8-13-28(24)35)30(25-11-5-4-6-12-25)42-31(37-34)26-14-16-27(17-15-26)41-23-9-22-38/h4-8,10-17,30,38H,9,18-23H2,1-3H3,(H,36,40)/t30-,34-/m1/s1.